The summed E-state index contributed by atoms with van der Waals surface area (Å²) in [6.45, 7) is 2.05. The number of fused-ring (bicyclic) bond motifs is 1. The summed E-state index contributed by atoms with van der Waals surface area (Å²) in [5.41, 5.74) is 4.35. The quantitative estimate of drug-likeness (QED) is 0.840. The SMILES string of the molecule is CCC1=C(O)NC(c2ccc(Cl)cc2)c2ccccc21. The van der Waals surface area contributed by atoms with E-state index in [1.807, 2.05) is 43.3 Å². The molecule has 102 valence electrons. The molecule has 0 amide bonds. The number of hydrogen-bond donors (Lipinski definition) is 2. The van der Waals surface area contributed by atoms with Gasteiger partial charge in [0.05, 0.1) is 6.04 Å². The molecule has 3 heteroatoms. The number of hydrogen-bond acceptors (Lipinski definition) is 2. The van der Waals surface area contributed by atoms with Crippen LogP contribution in [0.15, 0.2) is 54.4 Å². The Kier molecular flexibility index (Phi) is 3.41. The summed E-state index contributed by atoms with van der Waals surface area (Å²) < 4.78 is 0. The van der Waals surface area contributed by atoms with E-state index in [9.17, 15) is 5.11 Å². The third-order valence-electron chi connectivity index (χ3n) is 3.72. The van der Waals surface area contributed by atoms with Crippen LogP contribution in [0.5, 0.6) is 0 Å². The zero-order valence-electron chi connectivity index (χ0n) is 11.2. The lowest BCUT2D eigenvalue weighted by atomic mass is 9.87. The molecule has 0 aliphatic carbocycles. The minimum atomic E-state index is -0.0428. The Balaban J connectivity index is 2.12. The van der Waals surface area contributed by atoms with E-state index in [0.29, 0.717) is 5.02 Å². The van der Waals surface area contributed by atoms with Gasteiger partial charge in [0.15, 0.2) is 5.88 Å². The molecule has 20 heavy (non-hydrogen) atoms. The van der Waals surface area contributed by atoms with Crippen LogP contribution in [0.4, 0.5) is 0 Å². The Morgan fingerprint density at radius 2 is 1.80 bits per heavy atom. The highest BCUT2D eigenvalue weighted by Crippen LogP contribution is 2.36. The zero-order valence-corrected chi connectivity index (χ0v) is 12.0. The van der Waals surface area contributed by atoms with Crippen LogP contribution in [-0.2, 0) is 0 Å². The summed E-state index contributed by atoms with van der Waals surface area (Å²) >= 11 is 5.95. The fourth-order valence-corrected chi connectivity index (χ4v) is 2.85. The van der Waals surface area contributed by atoms with E-state index >= 15 is 0 Å². The van der Waals surface area contributed by atoms with Gasteiger partial charge in [0, 0.05) is 10.6 Å². The molecule has 0 saturated heterocycles. The van der Waals surface area contributed by atoms with Crippen molar-refractivity contribution < 1.29 is 5.11 Å². The second-order valence-electron chi connectivity index (χ2n) is 4.90. The average Bonchev–Trinajstić information content (AvgIpc) is 2.47. The molecule has 1 unspecified atom stereocenters. The summed E-state index contributed by atoms with van der Waals surface area (Å²) in [4.78, 5) is 0. The molecule has 0 bridgehead atoms. The fourth-order valence-electron chi connectivity index (χ4n) is 2.73. The van der Waals surface area contributed by atoms with Crippen molar-refractivity contribution in [2.24, 2.45) is 0 Å². The molecule has 1 atom stereocenters. The van der Waals surface area contributed by atoms with Crippen LogP contribution in [0, 0.1) is 0 Å². The molecular formula is C17H16ClNO. The number of benzene rings is 2. The molecule has 0 spiro atoms. The van der Waals surface area contributed by atoms with Crippen molar-refractivity contribution in [1.29, 1.82) is 0 Å². The van der Waals surface area contributed by atoms with Gasteiger partial charge in [-0.3, -0.25) is 0 Å². The maximum absolute atomic E-state index is 10.2. The maximum Gasteiger partial charge on any atom is 0.188 e. The van der Waals surface area contributed by atoms with Crippen LogP contribution in [0.25, 0.3) is 5.57 Å². The van der Waals surface area contributed by atoms with Crippen molar-refractivity contribution in [2.45, 2.75) is 19.4 Å². The van der Waals surface area contributed by atoms with Gasteiger partial charge < -0.3 is 10.4 Å². The Morgan fingerprint density at radius 1 is 1.10 bits per heavy atom. The summed E-state index contributed by atoms with van der Waals surface area (Å²) in [7, 11) is 0. The molecule has 2 nitrogen and oxygen atoms in total. The molecule has 0 fully saturated rings. The minimum absolute atomic E-state index is 0.0428. The molecule has 1 heterocycles. The van der Waals surface area contributed by atoms with Gasteiger partial charge in [-0.05, 0) is 35.2 Å². The largest absolute Gasteiger partial charge is 0.495 e. The highest BCUT2D eigenvalue weighted by molar-refractivity contribution is 6.30. The van der Waals surface area contributed by atoms with Gasteiger partial charge in [0.1, 0.15) is 0 Å². The third kappa shape index (κ3) is 2.16. The van der Waals surface area contributed by atoms with Crippen molar-refractivity contribution in [3.8, 4) is 0 Å². The van der Waals surface area contributed by atoms with Gasteiger partial charge in [-0.15, -0.1) is 0 Å². The summed E-state index contributed by atoms with van der Waals surface area (Å²) in [6.07, 6.45) is 0.795. The van der Waals surface area contributed by atoms with Gasteiger partial charge in [-0.25, -0.2) is 0 Å². The Morgan fingerprint density at radius 3 is 2.50 bits per heavy atom. The lowest BCUT2D eigenvalue weighted by molar-refractivity contribution is 0.348. The number of nitrogens with one attached hydrogen (secondary N) is 1. The Labute approximate surface area is 123 Å². The molecular weight excluding hydrogens is 270 g/mol. The molecule has 2 N–H and O–H groups in total. The Hall–Kier alpha value is -1.93. The molecule has 1 aliphatic rings. The van der Waals surface area contributed by atoms with Crippen LogP contribution in [-0.4, -0.2) is 5.11 Å². The smallest absolute Gasteiger partial charge is 0.188 e. The molecule has 3 rings (SSSR count). The average molecular weight is 286 g/mol. The van der Waals surface area contributed by atoms with Crippen molar-refractivity contribution >= 4 is 17.2 Å². The lowest BCUT2D eigenvalue weighted by Crippen LogP contribution is -2.27. The Bertz CT molecular complexity index is 661. The van der Waals surface area contributed by atoms with E-state index in [0.717, 1.165) is 23.1 Å². The van der Waals surface area contributed by atoms with E-state index in [1.54, 1.807) is 0 Å². The summed E-state index contributed by atoms with van der Waals surface area (Å²) in [5.74, 6) is 0.270. The first-order chi connectivity index (χ1) is 9.70. The number of halogens is 1. The molecule has 0 aromatic heterocycles. The van der Waals surface area contributed by atoms with E-state index in [4.69, 9.17) is 11.6 Å². The number of rotatable bonds is 2. The van der Waals surface area contributed by atoms with E-state index in [1.165, 1.54) is 5.56 Å². The van der Waals surface area contributed by atoms with E-state index < -0.39 is 0 Å². The second-order valence-corrected chi connectivity index (χ2v) is 5.33. The number of allylic oxidation sites excluding steroid dienone is 1. The standard InChI is InChI=1S/C17H16ClNO/c1-2-13-14-5-3-4-6-15(14)16(19-17(13)20)11-7-9-12(18)10-8-11/h3-10,16,19-20H,2H2,1H3. The zero-order chi connectivity index (χ0) is 14.1. The van der Waals surface area contributed by atoms with Crippen molar-refractivity contribution in [2.75, 3.05) is 0 Å². The third-order valence-corrected chi connectivity index (χ3v) is 3.97. The van der Waals surface area contributed by atoms with Gasteiger partial charge >= 0.3 is 0 Å². The van der Waals surface area contributed by atoms with E-state index in [2.05, 4.69) is 17.4 Å². The van der Waals surface area contributed by atoms with Crippen LogP contribution < -0.4 is 5.32 Å². The molecule has 2 aromatic rings. The molecule has 0 saturated carbocycles. The predicted octanol–water partition coefficient (Wildman–Crippen LogP) is 4.67. The summed E-state index contributed by atoms with van der Waals surface area (Å²) in [5, 5.41) is 14.2. The molecule has 0 radical (unpaired) electrons. The number of aliphatic hydroxyl groups excluding tert-OH is 1. The molecule has 2 aromatic carbocycles. The highest BCUT2D eigenvalue weighted by Gasteiger charge is 2.25. The van der Waals surface area contributed by atoms with E-state index in [-0.39, 0.29) is 11.9 Å². The van der Waals surface area contributed by atoms with Gasteiger partial charge in [-0.1, -0.05) is 54.9 Å². The fraction of sp³-hybridized carbons (Fsp3) is 0.176. The van der Waals surface area contributed by atoms with Gasteiger partial charge in [0.25, 0.3) is 0 Å². The normalized spacial score (nSPS) is 17.6. The minimum Gasteiger partial charge on any atom is -0.495 e. The number of aliphatic hydroxyl groups is 1. The summed E-state index contributed by atoms with van der Waals surface area (Å²) in [6, 6.07) is 15.9. The second kappa shape index (κ2) is 5.22. The first-order valence-electron chi connectivity index (χ1n) is 6.74. The van der Waals surface area contributed by atoms with Crippen molar-refractivity contribution in [1.82, 2.24) is 5.32 Å². The van der Waals surface area contributed by atoms with Crippen molar-refractivity contribution in [3.05, 3.63) is 76.1 Å². The topological polar surface area (TPSA) is 32.3 Å². The monoisotopic (exact) mass is 285 g/mol. The predicted molar refractivity (Wildman–Crippen MR) is 82.7 cm³/mol. The first kappa shape index (κ1) is 13.1. The van der Waals surface area contributed by atoms with Crippen LogP contribution in [0.3, 0.4) is 0 Å². The van der Waals surface area contributed by atoms with Crippen LogP contribution in [0.2, 0.25) is 5.02 Å². The lowest BCUT2D eigenvalue weighted by Gasteiger charge is -2.29. The van der Waals surface area contributed by atoms with Crippen LogP contribution in [0.1, 0.15) is 36.1 Å². The van der Waals surface area contributed by atoms with Crippen LogP contribution >= 0.6 is 11.6 Å². The van der Waals surface area contributed by atoms with Gasteiger partial charge in [-0.2, -0.15) is 0 Å². The highest BCUT2D eigenvalue weighted by atomic mass is 35.5. The maximum atomic E-state index is 10.2. The molecule has 1 aliphatic heterocycles. The van der Waals surface area contributed by atoms with Crippen molar-refractivity contribution in [3.63, 3.8) is 0 Å². The first-order valence-corrected chi connectivity index (χ1v) is 7.12. The van der Waals surface area contributed by atoms with Gasteiger partial charge in [0.2, 0.25) is 0 Å².